The van der Waals surface area contributed by atoms with Gasteiger partial charge in [0.1, 0.15) is 6.61 Å². The van der Waals surface area contributed by atoms with E-state index in [9.17, 15) is 9.90 Å². The van der Waals surface area contributed by atoms with Crippen molar-refractivity contribution in [2.75, 3.05) is 24.2 Å². The van der Waals surface area contributed by atoms with Gasteiger partial charge in [-0.15, -0.1) is 0 Å². The molecule has 2 heterocycles. The van der Waals surface area contributed by atoms with Crippen molar-refractivity contribution in [1.82, 2.24) is 4.90 Å². The van der Waals surface area contributed by atoms with E-state index in [4.69, 9.17) is 22.1 Å². The molecule has 4 rings (SSSR count). The van der Waals surface area contributed by atoms with Crippen molar-refractivity contribution in [3.8, 4) is 0 Å². The number of aliphatic imine (C=N–C) groups is 1. The van der Waals surface area contributed by atoms with Crippen LogP contribution in [0.15, 0.2) is 45.9 Å². The number of piperidine rings is 1. The molecule has 9 heteroatoms. The van der Waals surface area contributed by atoms with Crippen LogP contribution in [0.1, 0.15) is 24.0 Å². The van der Waals surface area contributed by atoms with Crippen LogP contribution in [-0.4, -0.2) is 42.1 Å². The highest BCUT2D eigenvalue weighted by Gasteiger charge is 2.38. The summed E-state index contributed by atoms with van der Waals surface area (Å²) < 4.78 is 5.90. The number of hydrogen-bond acceptors (Lipinski definition) is 6. The van der Waals surface area contributed by atoms with Gasteiger partial charge >= 0.3 is 6.09 Å². The van der Waals surface area contributed by atoms with Gasteiger partial charge in [0, 0.05) is 39.0 Å². The Bertz CT molecular complexity index is 983. The van der Waals surface area contributed by atoms with E-state index in [0.717, 1.165) is 28.6 Å². The summed E-state index contributed by atoms with van der Waals surface area (Å²) in [5, 5.41) is 16.8. The molecule has 0 saturated carbocycles. The number of ether oxygens (including phenoxy) is 1. The van der Waals surface area contributed by atoms with Crippen LogP contribution >= 0.6 is 27.5 Å². The number of benzene rings is 2. The number of carbonyl (C=O) groups excluding carboxylic acids is 1. The van der Waals surface area contributed by atoms with Crippen LogP contribution in [0.5, 0.6) is 0 Å². The van der Waals surface area contributed by atoms with E-state index < -0.39 is 0 Å². The molecule has 3 N–H and O–H groups in total. The van der Waals surface area contributed by atoms with Crippen LogP contribution in [0, 0.1) is 0 Å². The van der Waals surface area contributed by atoms with E-state index in [1.165, 1.54) is 0 Å². The van der Waals surface area contributed by atoms with Gasteiger partial charge in [0.25, 0.3) is 0 Å². The second kappa shape index (κ2) is 8.73. The molecule has 0 aliphatic carbocycles. The molecule has 7 nitrogen and oxygen atoms in total. The second-order valence-corrected chi connectivity index (χ2v) is 8.75. The summed E-state index contributed by atoms with van der Waals surface area (Å²) in [5.41, 5.74) is 8.46. The number of carbonyl (C=O) groups is 1. The van der Waals surface area contributed by atoms with Gasteiger partial charge in [0.05, 0.1) is 12.6 Å². The van der Waals surface area contributed by atoms with Gasteiger partial charge in [-0.2, -0.15) is 0 Å². The molecule has 2 atom stereocenters. The Hall–Kier alpha value is -2.45. The summed E-state index contributed by atoms with van der Waals surface area (Å²) in [7, 11) is 0. The average Bonchev–Trinajstić information content (AvgIpc) is 3.09. The molecule has 30 heavy (non-hydrogen) atoms. The summed E-state index contributed by atoms with van der Waals surface area (Å²) in [6.45, 7) is 1.33. The van der Waals surface area contributed by atoms with Crippen molar-refractivity contribution in [1.29, 1.82) is 0 Å². The minimum atomic E-state index is -0.373. The van der Waals surface area contributed by atoms with Gasteiger partial charge in [-0.25, -0.2) is 4.79 Å². The monoisotopic (exact) mass is 491 g/mol. The van der Waals surface area contributed by atoms with Gasteiger partial charge in [0.15, 0.2) is 0 Å². The van der Waals surface area contributed by atoms with E-state index in [1.54, 1.807) is 29.2 Å². The highest BCUT2D eigenvalue weighted by molar-refractivity contribution is 9.10. The summed E-state index contributed by atoms with van der Waals surface area (Å²) >= 11 is 9.41. The summed E-state index contributed by atoms with van der Waals surface area (Å²) in [6, 6.07) is 10.9. The number of cyclic esters (lactones) is 1. The zero-order valence-electron chi connectivity index (χ0n) is 16.1. The molecule has 0 bridgehead atoms. The van der Waals surface area contributed by atoms with Gasteiger partial charge in [-0.1, -0.05) is 23.7 Å². The lowest BCUT2D eigenvalue weighted by molar-refractivity contribution is -0.213. The quantitative estimate of drug-likeness (QED) is 0.378. The molecule has 158 valence electrons. The molecule has 0 spiro atoms. The number of amides is 1. The van der Waals surface area contributed by atoms with E-state index in [2.05, 4.69) is 26.2 Å². The first kappa shape index (κ1) is 20.8. The minimum absolute atomic E-state index is 0.0896. The lowest BCUT2D eigenvalue weighted by Crippen LogP contribution is -2.45. The Morgan fingerprint density at radius 2 is 2.13 bits per heavy atom. The lowest BCUT2D eigenvalue weighted by Gasteiger charge is -2.33. The third-order valence-electron chi connectivity index (χ3n) is 5.40. The normalized spacial score (nSPS) is 21.3. The Kier molecular flexibility index (Phi) is 6.06. The predicted molar refractivity (Wildman–Crippen MR) is 119 cm³/mol. The van der Waals surface area contributed by atoms with E-state index >= 15 is 0 Å². The molecular weight excluding hydrogens is 472 g/mol. The number of rotatable bonds is 5. The van der Waals surface area contributed by atoms with Crippen molar-refractivity contribution in [2.45, 2.75) is 31.5 Å². The van der Waals surface area contributed by atoms with E-state index in [-0.39, 0.29) is 30.6 Å². The molecule has 0 aromatic heterocycles. The number of nitrogens with one attached hydrogen (secondary N) is 1. The molecule has 1 unspecified atom stereocenters. The minimum Gasteiger partial charge on any atom is -0.858 e. The van der Waals surface area contributed by atoms with Crippen molar-refractivity contribution in [3.63, 3.8) is 0 Å². The second-order valence-electron chi connectivity index (χ2n) is 7.46. The fraction of sp³-hybridized carbons (Fsp3) is 0.333. The number of fused-ring (bicyclic) bond motifs is 1. The van der Waals surface area contributed by atoms with Gasteiger partial charge in [-0.05, 0) is 64.5 Å². The van der Waals surface area contributed by atoms with Crippen molar-refractivity contribution in [2.24, 2.45) is 4.99 Å². The highest BCUT2D eigenvalue weighted by atomic mass is 79.9. The zero-order valence-corrected chi connectivity index (χ0v) is 18.4. The molecular formula is C21H21BrClN4O3-. The first-order valence-electron chi connectivity index (χ1n) is 9.66. The number of anilines is 2. The van der Waals surface area contributed by atoms with Crippen LogP contribution < -0.4 is 16.2 Å². The zero-order chi connectivity index (χ0) is 21.3. The summed E-state index contributed by atoms with van der Waals surface area (Å²) in [6.07, 6.45) is 1.35. The number of nitrogen functional groups attached to an aromatic ring is 1. The van der Waals surface area contributed by atoms with Crippen LogP contribution in [0.2, 0.25) is 5.02 Å². The van der Waals surface area contributed by atoms with Crippen molar-refractivity contribution >= 4 is 50.9 Å². The molecule has 0 radical (unpaired) electrons. The predicted octanol–water partition coefficient (Wildman–Crippen LogP) is 3.39. The first-order valence-corrected chi connectivity index (χ1v) is 10.8. The van der Waals surface area contributed by atoms with Gasteiger partial charge in [-0.3, -0.25) is 4.99 Å². The smallest absolute Gasteiger partial charge is 0.410 e. The van der Waals surface area contributed by atoms with Crippen LogP contribution in [0.25, 0.3) is 0 Å². The third kappa shape index (κ3) is 4.49. The molecule has 2 fully saturated rings. The number of nitrogens with zero attached hydrogens (tertiary/aromatic N) is 2. The molecule has 2 aliphatic rings. The maximum atomic E-state index is 12.7. The SMILES string of the molecule is Nc1cc(Br)c(NC2CCN3C(=O)OC[C@@H]3C2)cc1C([O-])=NCc1ccc(Cl)cc1. The Morgan fingerprint density at radius 1 is 1.37 bits per heavy atom. The standard InChI is InChI=1S/C21H22BrClN4O3/c22-17-9-18(24)16(20(28)25-10-12-1-3-13(23)4-2-12)8-19(17)26-14-5-6-27-15(7-14)11-30-21(27)29/h1-4,8-9,14-15,26H,5-7,10-11,24H2,(H,25,28)/p-1/t14?,15-/m0/s1. The fourth-order valence-electron chi connectivity index (χ4n) is 3.77. The number of halogens is 2. The Balaban J connectivity index is 1.48. The van der Waals surface area contributed by atoms with Crippen LogP contribution in [0.3, 0.4) is 0 Å². The van der Waals surface area contributed by atoms with Gasteiger partial charge < -0.3 is 25.8 Å². The molecule has 2 aromatic carbocycles. The molecule has 2 aromatic rings. The fourth-order valence-corrected chi connectivity index (χ4v) is 4.37. The van der Waals surface area contributed by atoms with Crippen molar-refractivity contribution in [3.05, 3.63) is 57.0 Å². The molecule has 1 amide bonds. The van der Waals surface area contributed by atoms with Crippen LogP contribution in [0.4, 0.5) is 16.2 Å². The number of hydrogen-bond donors (Lipinski definition) is 2. The summed E-state index contributed by atoms with van der Waals surface area (Å²) in [4.78, 5) is 17.6. The highest BCUT2D eigenvalue weighted by Crippen LogP contribution is 2.32. The maximum Gasteiger partial charge on any atom is 0.410 e. The maximum absolute atomic E-state index is 12.7. The van der Waals surface area contributed by atoms with Gasteiger partial charge in [0.2, 0.25) is 0 Å². The van der Waals surface area contributed by atoms with E-state index in [1.807, 2.05) is 12.1 Å². The third-order valence-corrected chi connectivity index (χ3v) is 6.31. The van der Waals surface area contributed by atoms with Crippen LogP contribution in [-0.2, 0) is 11.3 Å². The number of nitrogens with two attached hydrogens (primary N) is 1. The average molecular weight is 493 g/mol. The Labute approximate surface area is 188 Å². The first-order chi connectivity index (χ1) is 14.4. The largest absolute Gasteiger partial charge is 0.858 e. The summed E-state index contributed by atoms with van der Waals surface area (Å²) in [5.74, 6) is -0.373. The topological polar surface area (TPSA) is 103 Å². The molecule has 2 saturated heterocycles. The van der Waals surface area contributed by atoms with Crippen molar-refractivity contribution < 1.29 is 14.6 Å². The molecule has 2 aliphatic heterocycles. The van der Waals surface area contributed by atoms with E-state index in [0.29, 0.717) is 29.4 Å². The lowest BCUT2D eigenvalue weighted by atomic mass is 9.98. The Morgan fingerprint density at radius 3 is 2.90 bits per heavy atom.